The number of fused-ring (bicyclic) bond motifs is 2. The Morgan fingerprint density at radius 3 is 2.07 bits per heavy atom. The van der Waals surface area contributed by atoms with Crippen LogP contribution >= 0.6 is 12.6 Å². The van der Waals surface area contributed by atoms with E-state index in [2.05, 4.69) is 12.6 Å². The highest BCUT2D eigenvalue weighted by Crippen LogP contribution is 2.61. The minimum Gasteiger partial charge on any atom is -0.481 e. The molecule has 4 saturated carbocycles. The average molecular weight is 212 g/mol. The third kappa shape index (κ3) is 0.967. The Hall–Kier alpha value is -0.180. The van der Waals surface area contributed by atoms with Gasteiger partial charge in [0.1, 0.15) is 0 Å². The number of hydrogen-bond acceptors (Lipinski definition) is 2. The quantitative estimate of drug-likeness (QED) is 0.653. The molecule has 6 atom stereocenters. The second kappa shape index (κ2) is 2.91. The predicted octanol–water partition coefficient (Wildman–Crippen LogP) is 2.05. The lowest BCUT2D eigenvalue weighted by atomic mass is 9.47. The van der Waals surface area contributed by atoms with E-state index in [1.54, 1.807) is 0 Å². The number of hydrogen-bond donors (Lipinski definition) is 2. The molecule has 0 spiro atoms. The Morgan fingerprint density at radius 2 is 1.50 bits per heavy atom. The molecular weight excluding hydrogens is 196 g/mol. The summed E-state index contributed by atoms with van der Waals surface area (Å²) in [5, 5.41) is 9.34. The summed E-state index contributed by atoms with van der Waals surface area (Å²) in [6.45, 7) is 0. The van der Waals surface area contributed by atoms with Gasteiger partial charge in [0.05, 0.1) is 5.92 Å². The maximum atomic E-state index is 11.2. The van der Waals surface area contributed by atoms with Crippen LogP contribution in [-0.4, -0.2) is 16.3 Å². The molecule has 3 heteroatoms. The van der Waals surface area contributed by atoms with Crippen molar-refractivity contribution in [3.63, 3.8) is 0 Å². The highest BCUT2D eigenvalue weighted by Gasteiger charge is 2.57. The van der Waals surface area contributed by atoms with Crippen molar-refractivity contribution < 1.29 is 9.90 Å². The fraction of sp³-hybridized carbons (Fsp3) is 0.909. The number of rotatable bonds is 1. The van der Waals surface area contributed by atoms with Crippen LogP contribution in [0.5, 0.6) is 0 Å². The smallest absolute Gasteiger partial charge is 0.307 e. The van der Waals surface area contributed by atoms with Crippen molar-refractivity contribution in [1.29, 1.82) is 0 Å². The Labute approximate surface area is 89.5 Å². The van der Waals surface area contributed by atoms with Gasteiger partial charge in [-0.15, -0.1) is 0 Å². The van der Waals surface area contributed by atoms with E-state index in [9.17, 15) is 9.90 Å². The summed E-state index contributed by atoms with van der Waals surface area (Å²) >= 11 is 4.55. The van der Waals surface area contributed by atoms with Crippen LogP contribution in [0.3, 0.4) is 0 Å². The maximum Gasteiger partial charge on any atom is 0.307 e. The molecule has 14 heavy (non-hydrogen) atoms. The third-order valence-corrected chi connectivity index (χ3v) is 5.57. The van der Waals surface area contributed by atoms with Crippen LogP contribution in [0, 0.1) is 29.6 Å². The van der Waals surface area contributed by atoms with Crippen LogP contribution < -0.4 is 0 Å². The van der Waals surface area contributed by atoms with Crippen molar-refractivity contribution in [3.05, 3.63) is 0 Å². The van der Waals surface area contributed by atoms with Crippen LogP contribution in [0.2, 0.25) is 0 Å². The number of carboxylic acids is 1. The lowest BCUT2D eigenvalue weighted by Gasteiger charge is -2.59. The molecule has 5 unspecified atom stereocenters. The topological polar surface area (TPSA) is 37.3 Å². The molecule has 0 radical (unpaired) electrons. The summed E-state index contributed by atoms with van der Waals surface area (Å²) in [5.74, 6) is 1.84. The Kier molecular flexibility index (Phi) is 1.88. The second-order valence-electron chi connectivity index (χ2n) is 5.16. The van der Waals surface area contributed by atoms with Gasteiger partial charge in [-0.1, -0.05) is 0 Å². The third-order valence-electron chi connectivity index (χ3n) is 4.87. The Bertz CT molecular complexity index is 278. The zero-order chi connectivity index (χ0) is 9.87. The van der Waals surface area contributed by atoms with Crippen molar-refractivity contribution in [2.75, 3.05) is 0 Å². The molecule has 2 nitrogen and oxygen atoms in total. The van der Waals surface area contributed by atoms with Crippen molar-refractivity contribution in [2.24, 2.45) is 29.6 Å². The van der Waals surface area contributed by atoms with Crippen molar-refractivity contribution in [2.45, 2.75) is 30.9 Å². The van der Waals surface area contributed by atoms with E-state index >= 15 is 0 Å². The van der Waals surface area contributed by atoms with Gasteiger partial charge in [-0.2, -0.15) is 12.6 Å². The van der Waals surface area contributed by atoms with Crippen LogP contribution in [0.1, 0.15) is 25.7 Å². The highest BCUT2D eigenvalue weighted by molar-refractivity contribution is 7.81. The number of aliphatic carboxylic acids is 1. The van der Waals surface area contributed by atoms with Crippen molar-refractivity contribution >= 4 is 18.6 Å². The first-order valence-corrected chi connectivity index (χ1v) is 6.12. The van der Waals surface area contributed by atoms with E-state index < -0.39 is 5.97 Å². The molecule has 4 aliphatic carbocycles. The van der Waals surface area contributed by atoms with E-state index in [-0.39, 0.29) is 11.2 Å². The van der Waals surface area contributed by atoms with Gasteiger partial charge in [0.15, 0.2) is 0 Å². The summed E-state index contributed by atoms with van der Waals surface area (Å²) in [4.78, 5) is 11.2. The zero-order valence-electron chi connectivity index (χ0n) is 8.10. The first-order valence-electron chi connectivity index (χ1n) is 5.61. The fourth-order valence-corrected chi connectivity index (χ4v) is 4.87. The number of thiol groups is 1. The molecule has 4 aliphatic rings. The molecule has 4 rings (SSSR count). The number of carboxylic acid groups (broad SMARTS) is 1. The second-order valence-corrected chi connectivity index (χ2v) is 5.76. The van der Waals surface area contributed by atoms with Gasteiger partial charge < -0.3 is 5.11 Å². The van der Waals surface area contributed by atoms with Gasteiger partial charge in [-0.25, -0.2) is 0 Å². The van der Waals surface area contributed by atoms with Crippen LogP contribution in [0.15, 0.2) is 0 Å². The van der Waals surface area contributed by atoms with Crippen LogP contribution in [0.4, 0.5) is 0 Å². The molecule has 0 aromatic heterocycles. The first-order chi connectivity index (χ1) is 6.70. The van der Waals surface area contributed by atoms with Gasteiger partial charge in [-0.05, 0) is 49.4 Å². The Morgan fingerprint density at radius 1 is 1.00 bits per heavy atom. The average Bonchev–Trinajstić information content (AvgIpc) is 2.05. The number of carbonyl (C=O) groups is 1. The highest BCUT2D eigenvalue weighted by atomic mass is 32.1. The summed E-state index contributed by atoms with van der Waals surface area (Å²) in [7, 11) is 0. The summed E-state index contributed by atoms with van der Waals surface area (Å²) in [6, 6.07) is 0. The Balaban J connectivity index is 1.92. The van der Waals surface area contributed by atoms with Gasteiger partial charge in [0.25, 0.3) is 0 Å². The molecule has 0 aromatic carbocycles. The lowest BCUT2D eigenvalue weighted by Crippen LogP contribution is -2.57. The monoisotopic (exact) mass is 212 g/mol. The standard InChI is InChI=1S/C11H16O2S/c12-11(13)9-7-3-4-8(10(9)14)6-2-1-5(6)7/h5-10,14H,1-4H2,(H,12,13)/t5?,6?,7?,8?,9?,10-/m1/s1. The minimum atomic E-state index is -0.606. The van der Waals surface area contributed by atoms with Crippen LogP contribution in [-0.2, 0) is 4.79 Å². The minimum absolute atomic E-state index is 0.132. The zero-order valence-corrected chi connectivity index (χ0v) is 8.99. The summed E-state index contributed by atoms with van der Waals surface area (Å²) < 4.78 is 0. The first kappa shape index (κ1) is 9.08. The van der Waals surface area contributed by atoms with Gasteiger partial charge in [0, 0.05) is 5.25 Å². The molecule has 1 N–H and O–H groups in total. The predicted molar refractivity (Wildman–Crippen MR) is 56.3 cm³/mol. The largest absolute Gasteiger partial charge is 0.481 e. The molecule has 0 heterocycles. The van der Waals surface area contributed by atoms with Gasteiger partial charge in [-0.3, -0.25) is 4.79 Å². The normalized spacial score (nSPS) is 54.9. The molecule has 0 aliphatic heterocycles. The van der Waals surface area contributed by atoms with E-state index in [1.807, 2.05) is 0 Å². The van der Waals surface area contributed by atoms with E-state index in [4.69, 9.17) is 0 Å². The van der Waals surface area contributed by atoms with E-state index in [1.165, 1.54) is 19.3 Å². The molecule has 0 aromatic rings. The van der Waals surface area contributed by atoms with Gasteiger partial charge in [0.2, 0.25) is 0 Å². The molecule has 78 valence electrons. The molecular formula is C11H16O2S. The summed E-state index contributed by atoms with van der Waals surface area (Å²) in [6.07, 6.45) is 4.97. The maximum absolute atomic E-state index is 11.2. The van der Waals surface area contributed by atoms with Crippen LogP contribution in [0.25, 0.3) is 0 Å². The SMILES string of the molecule is O=C(O)C1C2CCC(C3CCC32)[C@H]1S. The molecule has 0 amide bonds. The molecule has 4 fully saturated rings. The van der Waals surface area contributed by atoms with Gasteiger partial charge >= 0.3 is 5.97 Å². The summed E-state index contributed by atoms with van der Waals surface area (Å²) in [5.41, 5.74) is 0. The van der Waals surface area contributed by atoms with E-state index in [0.717, 1.165) is 18.3 Å². The van der Waals surface area contributed by atoms with Crippen molar-refractivity contribution in [3.8, 4) is 0 Å². The molecule has 0 saturated heterocycles. The fourth-order valence-electron chi connectivity index (χ4n) is 4.15. The lowest BCUT2D eigenvalue weighted by molar-refractivity contribution is -0.157. The van der Waals surface area contributed by atoms with E-state index in [0.29, 0.717) is 11.8 Å². The van der Waals surface area contributed by atoms with Crippen molar-refractivity contribution in [1.82, 2.24) is 0 Å². The molecule has 2 bridgehead atoms.